The van der Waals surface area contributed by atoms with Crippen molar-refractivity contribution in [2.24, 2.45) is 0 Å². The standard InChI is InChI=1S/C19H21N3O3/c1-20-19(24)22-18(23)17(13-7-3-2-4-8-13)21-15-11-12-25-16-10-6-5-9-14(15)16/h2-10,15,17,21H,11-12H2,1H3,(H2,20,22,23,24)/p+1/t15-,17-/m1/s1. The highest BCUT2D eigenvalue weighted by Crippen LogP contribution is 2.29. The fourth-order valence-electron chi connectivity index (χ4n) is 3.06. The summed E-state index contributed by atoms with van der Waals surface area (Å²) in [5.74, 6) is 0.517. The van der Waals surface area contributed by atoms with Gasteiger partial charge < -0.3 is 15.4 Å². The number of carbonyl (C=O) groups is 2. The number of urea groups is 1. The maximum Gasteiger partial charge on any atom is 0.321 e. The van der Waals surface area contributed by atoms with Gasteiger partial charge in [-0.15, -0.1) is 0 Å². The van der Waals surface area contributed by atoms with Crippen LogP contribution in [0.2, 0.25) is 0 Å². The van der Waals surface area contributed by atoms with Crippen LogP contribution in [0.5, 0.6) is 5.75 Å². The van der Waals surface area contributed by atoms with E-state index in [1.165, 1.54) is 7.05 Å². The maximum atomic E-state index is 12.7. The molecule has 2 atom stereocenters. The number of carbonyl (C=O) groups excluding carboxylic acids is 2. The van der Waals surface area contributed by atoms with Crippen LogP contribution in [0, 0.1) is 0 Å². The highest BCUT2D eigenvalue weighted by molar-refractivity contribution is 5.96. The van der Waals surface area contributed by atoms with Crippen LogP contribution in [0.4, 0.5) is 4.79 Å². The van der Waals surface area contributed by atoms with Crippen LogP contribution in [0.25, 0.3) is 0 Å². The van der Waals surface area contributed by atoms with Crippen molar-refractivity contribution in [2.75, 3.05) is 13.7 Å². The number of fused-ring (bicyclic) bond motifs is 1. The Kier molecular flexibility index (Phi) is 5.30. The molecule has 0 saturated carbocycles. The van der Waals surface area contributed by atoms with Crippen molar-refractivity contribution in [1.29, 1.82) is 0 Å². The number of hydrogen-bond donors (Lipinski definition) is 3. The van der Waals surface area contributed by atoms with Crippen molar-refractivity contribution in [3.8, 4) is 5.75 Å². The fourth-order valence-corrected chi connectivity index (χ4v) is 3.06. The summed E-state index contributed by atoms with van der Waals surface area (Å²) in [7, 11) is 1.48. The van der Waals surface area contributed by atoms with Crippen molar-refractivity contribution >= 4 is 11.9 Å². The molecule has 4 N–H and O–H groups in total. The number of ether oxygens (including phenoxy) is 1. The minimum Gasteiger partial charge on any atom is -0.493 e. The average molecular weight is 340 g/mol. The summed E-state index contributed by atoms with van der Waals surface area (Å²) in [6.45, 7) is 0.608. The molecule has 0 aromatic heterocycles. The van der Waals surface area contributed by atoms with E-state index in [0.717, 1.165) is 23.3 Å². The molecule has 0 aliphatic carbocycles. The quantitative estimate of drug-likeness (QED) is 0.784. The normalized spacial score (nSPS) is 16.9. The molecule has 1 heterocycles. The first kappa shape index (κ1) is 17.0. The molecule has 2 aromatic carbocycles. The van der Waals surface area contributed by atoms with E-state index in [4.69, 9.17) is 4.74 Å². The maximum absolute atomic E-state index is 12.7. The van der Waals surface area contributed by atoms with Gasteiger partial charge in [-0.05, 0) is 12.1 Å². The number of nitrogens with one attached hydrogen (secondary N) is 2. The van der Waals surface area contributed by atoms with Gasteiger partial charge in [0.15, 0.2) is 6.04 Å². The molecule has 3 amide bonds. The summed E-state index contributed by atoms with van der Waals surface area (Å²) in [6.07, 6.45) is 0.799. The van der Waals surface area contributed by atoms with Gasteiger partial charge >= 0.3 is 6.03 Å². The lowest BCUT2D eigenvalue weighted by atomic mass is 9.97. The highest BCUT2D eigenvalue weighted by Gasteiger charge is 2.32. The van der Waals surface area contributed by atoms with Crippen molar-refractivity contribution in [3.05, 3.63) is 65.7 Å². The second kappa shape index (κ2) is 7.81. The van der Waals surface area contributed by atoms with E-state index in [-0.39, 0.29) is 11.9 Å². The van der Waals surface area contributed by atoms with Gasteiger partial charge in [0.1, 0.15) is 11.8 Å². The van der Waals surface area contributed by atoms with E-state index in [1.807, 2.05) is 59.9 Å². The average Bonchev–Trinajstić information content (AvgIpc) is 2.66. The summed E-state index contributed by atoms with van der Waals surface area (Å²) in [5, 5.41) is 6.82. The molecule has 25 heavy (non-hydrogen) atoms. The van der Waals surface area contributed by atoms with Crippen molar-refractivity contribution in [1.82, 2.24) is 10.6 Å². The molecule has 0 unspecified atom stereocenters. The first-order chi connectivity index (χ1) is 12.2. The Morgan fingerprint density at radius 2 is 1.84 bits per heavy atom. The number of imide groups is 1. The van der Waals surface area contributed by atoms with E-state index in [2.05, 4.69) is 10.6 Å². The van der Waals surface area contributed by atoms with Gasteiger partial charge in [0.05, 0.1) is 12.2 Å². The molecule has 1 aliphatic heterocycles. The van der Waals surface area contributed by atoms with Gasteiger partial charge in [-0.3, -0.25) is 10.1 Å². The van der Waals surface area contributed by atoms with Crippen LogP contribution in [-0.2, 0) is 4.79 Å². The second-order valence-electron chi connectivity index (χ2n) is 5.93. The van der Waals surface area contributed by atoms with Crippen molar-refractivity contribution in [3.63, 3.8) is 0 Å². The largest absolute Gasteiger partial charge is 0.493 e. The minimum absolute atomic E-state index is 0.0885. The Morgan fingerprint density at radius 1 is 1.12 bits per heavy atom. The highest BCUT2D eigenvalue weighted by atomic mass is 16.5. The Balaban J connectivity index is 1.86. The third-order valence-electron chi connectivity index (χ3n) is 4.33. The first-order valence-corrected chi connectivity index (χ1v) is 8.33. The third-order valence-corrected chi connectivity index (χ3v) is 4.33. The topological polar surface area (TPSA) is 84.0 Å². The Labute approximate surface area is 146 Å². The van der Waals surface area contributed by atoms with Crippen molar-refractivity contribution < 1.29 is 19.6 Å². The molecular weight excluding hydrogens is 318 g/mol. The van der Waals surface area contributed by atoms with E-state index in [9.17, 15) is 9.59 Å². The van der Waals surface area contributed by atoms with Gasteiger partial charge in [0, 0.05) is 19.0 Å². The number of benzene rings is 2. The molecule has 3 rings (SSSR count). The van der Waals surface area contributed by atoms with Gasteiger partial charge in [-0.1, -0.05) is 42.5 Å². The van der Waals surface area contributed by atoms with Gasteiger partial charge in [0.25, 0.3) is 5.91 Å². The number of quaternary nitrogens is 1. The van der Waals surface area contributed by atoms with Crippen LogP contribution in [0.3, 0.4) is 0 Å². The molecule has 2 aromatic rings. The van der Waals surface area contributed by atoms with Crippen molar-refractivity contribution in [2.45, 2.75) is 18.5 Å². The van der Waals surface area contributed by atoms with Crippen LogP contribution in [0.1, 0.15) is 29.6 Å². The summed E-state index contributed by atoms with van der Waals surface area (Å²) in [4.78, 5) is 24.2. The van der Waals surface area contributed by atoms with E-state index < -0.39 is 12.1 Å². The zero-order valence-electron chi connectivity index (χ0n) is 14.1. The predicted octanol–water partition coefficient (Wildman–Crippen LogP) is 1.27. The molecule has 0 fully saturated rings. The minimum atomic E-state index is -0.519. The molecule has 0 bridgehead atoms. The summed E-state index contributed by atoms with van der Waals surface area (Å²) in [5.41, 5.74) is 1.93. The molecule has 1 aliphatic rings. The summed E-state index contributed by atoms with van der Waals surface area (Å²) in [6, 6.07) is 16.4. The van der Waals surface area contributed by atoms with E-state index in [1.54, 1.807) is 0 Å². The van der Waals surface area contributed by atoms with Gasteiger partial charge in [-0.2, -0.15) is 0 Å². The Hall–Kier alpha value is -2.86. The number of rotatable bonds is 4. The van der Waals surface area contributed by atoms with Crippen LogP contribution in [0.15, 0.2) is 54.6 Å². The van der Waals surface area contributed by atoms with Gasteiger partial charge in [0.2, 0.25) is 0 Å². The number of para-hydroxylation sites is 1. The predicted molar refractivity (Wildman–Crippen MR) is 93.0 cm³/mol. The molecule has 0 spiro atoms. The second-order valence-corrected chi connectivity index (χ2v) is 5.93. The molecule has 0 saturated heterocycles. The summed E-state index contributed by atoms with van der Waals surface area (Å²) >= 11 is 0. The number of nitrogens with two attached hydrogens (primary N) is 1. The lowest BCUT2D eigenvalue weighted by molar-refractivity contribution is -0.723. The molecule has 6 heteroatoms. The van der Waals surface area contributed by atoms with E-state index in [0.29, 0.717) is 6.61 Å². The Morgan fingerprint density at radius 3 is 2.60 bits per heavy atom. The van der Waals surface area contributed by atoms with Crippen LogP contribution < -0.4 is 20.7 Å². The smallest absolute Gasteiger partial charge is 0.321 e. The summed E-state index contributed by atoms with van der Waals surface area (Å²) < 4.78 is 5.70. The SMILES string of the molecule is CNC(=O)NC(=O)[C@H]([NH2+][C@@H]1CCOc2ccccc21)c1ccccc1. The number of hydrogen-bond acceptors (Lipinski definition) is 3. The zero-order valence-corrected chi connectivity index (χ0v) is 14.1. The van der Waals surface area contributed by atoms with E-state index >= 15 is 0 Å². The van der Waals surface area contributed by atoms with Gasteiger partial charge in [-0.25, -0.2) is 4.79 Å². The lowest BCUT2D eigenvalue weighted by Crippen LogP contribution is -2.89. The molecule has 130 valence electrons. The lowest BCUT2D eigenvalue weighted by Gasteiger charge is -2.27. The van der Waals surface area contributed by atoms with Crippen LogP contribution in [-0.4, -0.2) is 25.6 Å². The molecule has 6 nitrogen and oxygen atoms in total. The first-order valence-electron chi connectivity index (χ1n) is 8.33. The van der Waals surface area contributed by atoms with Crippen LogP contribution >= 0.6 is 0 Å². The number of amides is 3. The third kappa shape index (κ3) is 3.97. The molecule has 0 radical (unpaired) electrons. The zero-order chi connectivity index (χ0) is 17.6. The molecular formula is C19H22N3O3+. The fraction of sp³-hybridized carbons (Fsp3) is 0.263. The monoisotopic (exact) mass is 340 g/mol. The Bertz CT molecular complexity index is 749.